The standard InChI is InChI=1S/C27H38FNO5SSi/c1-19-25(26(30)31-5)29(16-23(34-19)18-33-36(6,7)27(2,3)4)35-24-14-12-22(13-15-24)32-17-20-8-10-21(28)11-9-20/h8-15,19,23,25H,16-18H2,1-7H3. The molecule has 3 rings (SSSR count). The minimum atomic E-state index is -1.92. The first kappa shape index (κ1) is 28.7. The van der Waals surface area contributed by atoms with Crippen molar-refractivity contribution in [1.29, 1.82) is 0 Å². The molecule has 3 unspecified atom stereocenters. The molecule has 0 spiro atoms. The highest BCUT2D eigenvalue weighted by atomic mass is 32.2. The maximum absolute atomic E-state index is 13.1. The topological polar surface area (TPSA) is 57.2 Å². The number of methoxy groups -OCH3 is 1. The summed E-state index contributed by atoms with van der Waals surface area (Å²) in [5, 5.41) is 0.108. The highest BCUT2D eigenvalue weighted by Gasteiger charge is 2.43. The van der Waals surface area contributed by atoms with E-state index in [0.29, 0.717) is 25.5 Å². The molecule has 0 aliphatic carbocycles. The normalized spacial score (nSPS) is 21.3. The van der Waals surface area contributed by atoms with Crippen LogP contribution in [0.25, 0.3) is 0 Å². The average molecular weight is 536 g/mol. The van der Waals surface area contributed by atoms with Crippen LogP contribution in [0.3, 0.4) is 0 Å². The van der Waals surface area contributed by atoms with Gasteiger partial charge < -0.3 is 18.6 Å². The molecule has 6 nitrogen and oxygen atoms in total. The summed E-state index contributed by atoms with van der Waals surface area (Å²) >= 11 is 1.50. The van der Waals surface area contributed by atoms with Crippen LogP contribution in [0.4, 0.5) is 4.39 Å². The van der Waals surface area contributed by atoms with Crippen LogP contribution in [-0.4, -0.2) is 57.1 Å². The fourth-order valence-corrected chi connectivity index (χ4v) is 5.76. The molecular weight excluding hydrogens is 497 g/mol. The molecule has 3 atom stereocenters. The maximum Gasteiger partial charge on any atom is 0.326 e. The Bertz CT molecular complexity index is 997. The van der Waals surface area contributed by atoms with Crippen LogP contribution in [0.1, 0.15) is 33.3 Å². The van der Waals surface area contributed by atoms with E-state index in [-0.39, 0.29) is 29.0 Å². The second-order valence-corrected chi connectivity index (χ2v) is 16.5. The molecular formula is C27H38FNO5SSi. The van der Waals surface area contributed by atoms with Crippen molar-refractivity contribution in [3.63, 3.8) is 0 Å². The molecule has 36 heavy (non-hydrogen) atoms. The predicted octanol–water partition coefficient (Wildman–Crippen LogP) is 6.06. The Morgan fingerprint density at radius 1 is 1.14 bits per heavy atom. The van der Waals surface area contributed by atoms with Gasteiger partial charge in [-0.15, -0.1) is 0 Å². The van der Waals surface area contributed by atoms with E-state index in [1.165, 1.54) is 31.2 Å². The second kappa shape index (κ2) is 12.1. The lowest BCUT2D eigenvalue weighted by atomic mass is 10.1. The van der Waals surface area contributed by atoms with Crippen LogP contribution in [0, 0.1) is 5.82 Å². The third-order valence-corrected chi connectivity index (χ3v) is 12.4. The zero-order valence-electron chi connectivity index (χ0n) is 22.2. The fraction of sp³-hybridized carbons (Fsp3) is 0.519. The molecule has 2 aromatic rings. The lowest BCUT2D eigenvalue weighted by molar-refractivity contribution is -0.161. The van der Waals surface area contributed by atoms with Gasteiger partial charge in [-0.25, -0.2) is 8.70 Å². The van der Waals surface area contributed by atoms with E-state index in [1.54, 1.807) is 12.1 Å². The van der Waals surface area contributed by atoms with Crippen LogP contribution in [0.15, 0.2) is 53.4 Å². The van der Waals surface area contributed by atoms with Gasteiger partial charge in [0.1, 0.15) is 24.2 Å². The Morgan fingerprint density at radius 2 is 1.78 bits per heavy atom. The quantitative estimate of drug-likeness (QED) is 0.220. The summed E-state index contributed by atoms with van der Waals surface area (Å²) < 4.78 is 38.6. The van der Waals surface area contributed by atoms with Gasteiger partial charge in [0, 0.05) is 11.4 Å². The Kier molecular flexibility index (Phi) is 9.62. The molecule has 1 saturated heterocycles. The fourth-order valence-electron chi connectivity index (χ4n) is 3.58. The molecule has 9 heteroatoms. The monoisotopic (exact) mass is 535 g/mol. The van der Waals surface area contributed by atoms with E-state index in [0.717, 1.165) is 10.5 Å². The van der Waals surface area contributed by atoms with Crippen LogP contribution in [0.5, 0.6) is 5.75 Å². The number of carbonyl (C=O) groups is 1. The summed E-state index contributed by atoms with van der Waals surface area (Å²) in [6, 6.07) is 13.4. The number of esters is 1. The summed E-state index contributed by atoms with van der Waals surface area (Å²) in [5.74, 6) is 0.124. The molecule has 2 aromatic carbocycles. The Labute approximate surface area is 219 Å². The van der Waals surface area contributed by atoms with Gasteiger partial charge in [0.2, 0.25) is 0 Å². The first-order chi connectivity index (χ1) is 16.9. The van der Waals surface area contributed by atoms with Gasteiger partial charge in [-0.05, 0) is 79.0 Å². The van der Waals surface area contributed by atoms with Crippen molar-refractivity contribution < 1.29 is 27.8 Å². The largest absolute Gasteiger partial charge is 0.489 e. The molecule has 198 valence electrons. The van der Waals surface area contributed by atoms with Crippen LogP contribution in [0.2, 0.25) is 18.1 Å². The number of rotatable bonds is 9. The second-order valence-electron chi connectivity index (χ2n) is 10.6. The molecule has 0 N–H and O–H groups in total. The van der Waals surface area contributed by atoms with Gasteiger partial charge >= 0.3 is 5.97 Å². The third kappa shape index (κ3) is 7.55. The number of benzene rings is 2. The van der Waals surface area contributed by atoms with Crippen molar-refractivity contribution >= 4 is 26.2 Å². The summed E-state index contributed by atoms with van der Waals surface area (Å²) in [4.78, 5) is 13.6. The number of carbonyl (C=O) groups excluding carboxylic acids is 1. The lowest BCUT2D eigenvalue weighted by Gasteiger charge is -2.43. The number of morpholine rings is 1. The lowest BCUT2D eigenvalue weighted by Crippen LogP contribution is -2.56. The first-order valence-electron chi connectivity index (χ1n) is 12.2. The molecule has 1 aliphatic heterocycles. The number of halogens is 1. The van der Waals surface area contributed by atoms with Crippen molar-refractivity contribution in [2.75, 3.05) is 20.3 Å². The minimum absolute atomic E-state index is 0.108. The first-order valence-corrected chi connectivity index (χ1v) is 15.9. The molecule has 1 heterocycles. The van der Waals surface area contributed by atoms with Gasteiger partial charge in [-0.3, -0.25) is 4.79 Å². The van der Waals surface area contributed by atoms with E-state index in [1.807, 2.05) is 35.5 Å². The number of hydrogen-bond donors (Lipinski definition) is 0. The van der Waals surface area contributed by atoms with Gasteiger partial charge in [-0.2, -0.15) is 0 Å². The van der Waals surface area contributed by atoms with Gasteiger partial charge in [0.15, 0.2) is 8.32 Å². The summed E-state index contributed by atoms with van der Waals surface area (Å²) in [5.41, 5.74) is 0.893. The summed E-state index contributed by atoms with van der Waals surface area (Å²) in [6.45, 7) is 14.4. The Hall–Kier alpha value is -1.91. The molecule has 0 amide bonds. The Balaban J connectivity index is 1.65. The highest BCUT2D eigenvalue weighted by molar-refractivity contribution is 7.97. The van der Waals surface area contributed by atoms with Crippen LogP contribution >= 0.6 is 11.9 Å². The van der Waals surface area contributed by atoms with Crippen LogP contribution in [-0.2, 0) is 25.3 Å². The van der Waals surface area contributed by atoms with E-state index in [4.69, 9.17) is 18.6 Å². The maximum atomic E-state index is 13.1. The van der Waals surface area contributed by atoms with E-state index < -0.39 is 14.4 Å². The molecule has 0 aromatic heterocycles. The van der Waals surface area contributed by atoms with Crippen molar-refractivity contribution in [2.45, 2.75) is 75.6 Å². The molecule has 1 aliphatic rings. The van der Waals surface area contributed by atoms with Gasteiger partial charge in [0.05, 0.1) is 25.9 Å². The number of ether oxygens (including phenoxy) is 3. The number of hydrogen-bond acceptors (Lipinski definition) is 7. The van der Waals surface area contributed by atoms with Crippen molar-refractivity contribution in [1.82, 2.24) is 4.31 Å². The van der Waals surface area contributed by atoms with E-state index in [9.17, 15) is 9.18 Å². The summed E-state index contributed by atoms with van der Waals surface area (Å²) in [7, 11) is -0.523. The van der Waals surface area contributed by atoms with Gasteiger partial charge in [0.25, 0.3) is 0 Å². The predicted molar refractivity (Wildman–Crippen MR) is 143 cm³/mol. The van der Waals surface area contributed by atoms with Crippen molar-refractivity contribution in [3.05, 3.63) is 59.9 Å². The summed E-state index contributed by atoms with van der Waals surface area (Å²) in [6.07, 6.45) is -0.495. The molecule has 0 radical (unpaired) electrons. The minimum Gasteiger partial charge on any atom is -0.489 e. The third-order valence-electron chi connectivity index (χ3n) is 6.79. The van der Waals surface area contributed by atoms with Crippen LogP contribution < -0.4 is 4.74 Å². The molecule has 0 bridgehead atoms. The van der Waals surface area contributed by atoms with E-state index >= 15 is 0 Å². The number of nitrogens with zero attached hydrogens (tertiary/aromatic N) is 1. The smallest absolute Gasteiger partial charge is 0.326 e. The zero-order valence-corrected chi connectivity index (χ0v) is 24.1. The van der Waals surface area contributed by atoms with E-state index in [2.05, 4.69) is 33.9 Å². The average Bonchev–Trinajstić information content (AvgIpc) is 2.82. The highest BCUT2D eigenvalue weighted by Crippen LogP contribution is 2.37. The van der Waals surface area contributed by atoms with Gasteiger partial charge in [-0.1, -0.05) is 32.9 Å². The molecule has 1 fully saturated rings. The zero-order chi connectivity index (χ0) is 26.5. The molecule has 0 saturated carbocycles. The Morgan fingerprint density at radius 3 is 2.36 bits per heavy atom. The van der Waals surface area contributed by atoms with Crippen molar-refractivity contribution in [3.8, 4) is 5.75 Å². The van der Waals surface area contributed by atoms with Crippen molar-refractivity contribution in [2.24, 2.45) is 0 Å². The SMILES string of the molecule is COC(=O)C1C(C)OC(CO[Si](C)(C)C(C)(C)C)CN1Sc1ccc(OCc2ccc(F)cc2)cc1.